The van der Waals surface area contributed by atoms with Gasteiger partial charge < -0.3 is 9.15 Å². The zero-order chi connectivity index (χ0) is 20.7. The Morgan fingerprint density at radius 2 is 1.77 bits per heavy atom. The van der Waals surface area contributed by atoms with Crippen LogP contribution in [-0.4, -0.2) is 11.6 Å². The van der Waals surface area contributed by atoms with Crippen LogP contribution in [0.2, 0.25) is 5.02 Å². The molecule has 0 saturated heterocycles. The molecule has 0 saturated carbocycles. The van der Waals surface area contributed by atoms with Crippen molar-refractivity contribution in [1.82, 2.24) is 4.90 Å². The van der Waals surface area contributed by atoms with Gasteiger partial charge in [-0.05, 0) is 53.6 Å². The molecule has 0 unspecified atom stereocenters. The van der Waals surface area contributed by atoms with Gasteiger partial charge in [0, 0.05) is 23.5 Å². The Labute approximate surface area is 177 Å². The van der Waals surface area contributed by atoms with Gasteiger partial charge in [0.1, 0.15) is 23.9 Å². The first kappa shape index (κ1) is 18.9. The van der Waals surface area contributed by atoms with Crippen molar-refractivity contribution in [2.75, 3.05) is 6.73 Å². The van der Waals surface area contributed by atoms with E-state index in [0.717, 1.165) is 22.1 Å². The minimum atomic E-state index is -0.408. The molecule has 4 nitrogen and oxygen atoms in total. The molecule has 0 amide bonds. The Morgan fingerprint density at radius 3 is 2.53 bits per heavy atom. The SMILES string of the molecule is O=c1oc2c3c(ccc2cc1-c1ccc(Cl)cc1)OCN(Cc1ccc(F)cc1)C3. The van der Waals surface area contributed by atoms with Crippen LogP contribution >= 0.6 is 11.6 Å². The lowest BCUT2D eigenvalue weighted by atomic mass is 10.0. The van der Waals surface area contributed by atoms with E-state index in [0.29, 0.717) is 41.7 Å². The maximum atomic E-state index is 13.2. The van der Waals surface area contributed by atoms with Crippen LogP contribution in [0.25, 0.3) is 22.1 Å². The zero-order valence-electron chi connectivity index (χ0n) is 15.9. The summed E-state index contributed by atoms with van der Waals surface area (Å²) in [4.78, 5) is 14.8. The van der Waals surface area contributed by atoms with Gasteiger partial charge in [-0.25, -0.2) is 9.18 Å². The molecule has 30 heavy (non-hydrogen) atoms. The topological polar surface area (TPSA) is 42.7 Å². The first-order valence-corrected chi connectivity index (χ1v) is 9.90. The van der Waals surface area contributed by atoms with E-state index in [2.05, 4.69) is 4.90 Å². The van der Waals surface area contributed by atoms with E-state index in [1.165, 1.54) is 12.1 Å². The first-order valence-electron chi connectivity index (χ1n) is 9.52. The highest BCUT2D eigenvalue weighted by molar-refractivity contribution is 6.30. The fourth-order valence-corrected chi connectivity index (χ4v) is 3.85. The summed E-state index contributed by atoms with van der Waals surface area (Å²) in [7, 11) is 0. The number of nitrogens with zero attached hydrogens (tertiary/aromatic N) is 1. The van der Waals surface area contributed by atoms with E-state index in [1.54, 1.807) is 36.4 Å². The summed E-state index contributed by atoms with van der Waals surface area (Å²) in [6.45, 7) is 1.57. The van der Waals surface area contributed by atoms with Crippen LogP contribution in [0.4, 0.5) is 4.39 Å². The minimum absolute atomic E-state index is 0.261. The molecule has 6 heteroatoms. The van der Waals surface area contributed by atoms with Gasteiger partial charge in [-0.3, -0.25) is 4.90 Å². The van der Waals surface area contributed by atoms with Gasteiger partial charge in [-0.2, -0.15) is 0 Å². The number of ether oxygens (including phenoxy) is 1. The van der Waals surface area contributed by atoms with Crippen molar-refractivity contribution in [3.63, 3.8) is 0 Å². The predicted octanol–water partition coefficient (Wildman–Crippen LogP) is 5.60. The second-order valence-electron chi connectivity index (χ2n) is 7.30. The molecule has 0 atom stereocenters. The second kappa shape index (κ2) is 7.59. The number of benzene rings is 3. The Hall–Kier alpha value is -3.15. The smallest absolute Gasteiger partial charge is 0.344 e. The van der Waals surface area contributed by atoms with Crippen LogP contribution in [0.5, 0.6) is 5.75 Å². The highest BCUT2D eigenvalue weighted by Gasteiger charge is 2.22. The maximum Gasteiger partial charge on any atom is 0.344 e. The Morgan fingerprint density at radius 1 is 1.00 bits per heavy atom. The normalized spacial score (nSPS) is 13.8. The highest BCUT2D eigenvalue weighted by Crippen LogP contribution is 2.33. The average Bonchev–Trinajstić information content (AvgIpc) is 2.76. The molecule has 0 spiro atoms. The highest BCUT2D eigenvalue weighted by atomic mass is 35.5. The van der Waals surface area contributed by atoms with Gasteiger partial charge in [-0.1, -0.05) is 35.9 Å². The largest absolute Gasteiger partial charge is 0.478 e. The Balaban J connectivity index is 1.50. The van der Waals surface area contributed by atoms with Gasteiger partial charge in [0.25, 0.3) is 0 Å². The molecule has 0 bridgehead atoms. The monoisotopic (exact) mass is 421 g/mol. The molecule has 2 heterocycles. The molecule has 0 fully saturated rings. The van der Waals surface area contributed by atoms with Crippen molar-refractivity contribution in [2.45, 2.75) is 13.1 Å². The molecule has 1 aliphatic heterocycles. The van der Waals surface area contributed by atoms with Crippen molar-refractivity contribution in [3.8, 4) is 16.9 Å². The summed E-state index contributed by atoms with van der Waals surface area (Å²) in [5, 5.41) is 1.43. The molecule has 0 radical (unpaired) electrons. The predicted molar refractivity (Wildman–Crippen MR) is 114 cm³/mol. The maximum absolute atomic E-state index is 13.2. The van der Waals surface area contributed by atoms with Crippen molar-refractivity contribution in [2.24, 2.45) is 0 Å². The zero-order valence-corrected chi connectivity index (χ0v) is 16.7. The van der Waals surface area contributed by atoms with Crippen LogP contribution in [0.3, 0.4) is 0 Å². The molecule has 150 valence electrons. The van der Waals surface area contributed by atoms with Crippen LogP contribution in [0.1, 0.15) is 11.1 Å². The fraction of sp³-hybridized carbons (Fsp3) is 0.125. The molecule has 1 aromatic heterocycles. The molecule has 0 N–H and O–H groups in total. The molecule has 3 aromatic carbocycles. The lowest BCUT2D eigenvalue weighted by molar-refractivity contribution is 0.0889. The van der Waals surface area contributed by atoms with Gasteiger partial charge >= 0.3 is 5.63 Å². The third-order valence-electron chi connectivity index (χ3n) is 5.22. The minimum Gasteiger partial charge on any atom is -0.478 e. The molecule has 4 aromatic rings. The van der Waals surface area contributed by atoms with Crippen LogP contribution in [-0.2, 0) is 13.1 Å². The summed E-state index contributed by atoms with van der Waals surface area (Å²) in [5.74, 6) is 0.448. The third-order valence-corrected chi connectivity index (χ3v) is 5.47. The van der Waals surface area contributed by atoms with Crippen molar-refractivity contribution in [1.29, 1.82) is 0 Å². The number of hydrogen-bond donors (Lipinski definition) is 0. The van der Waals surface area contributed by atoms with Crippen LogP contribution in [0.15, 0.2) is 75.9 Å². The van der Waals surface area contributed by atoms with Crippen LogP contribution in [0, 0.1) is 5.82 Å². The van der Waals surface area contributed by atoms with Gasteiger partial charge in [0.2, 0.25) is 0 Å². The standard InChI is InChI=1S/C24H17ClFNO3/c25-18-6-3-16(4-7-18)20-11-17-5-10-22-21(23(17)30-24(20)28)13-27(14-29-22)12-15-1-8-19(26)9-2-15/h1-11H,12-14H2. The number of halogens is 2. The first-order chi connectivity index (χ1) is 14.6. The second-order valence-corrected chi connectivity index (χ2v) is 7.74. The van der Waals surface area contributed by atoms with E-state index in [-0.39, 0.29) is 5.82 Å². The van der Waals surface area contributed by atoms with Crippen molar-refractivity contribution >= 4 is 22.6 Å². The molecule has 1 aliphatic rings. The Kier molecular flexibility index (Phi) is 4.77. The average molecular weight is 422 g/mol. The van der Waals surface area contributed by atoms with Gasteiger partial charge in [0.05, 0.1) is 11.1 Å². The number of rotatable bonds is 3. The quantitative estimate of drug-likeness (QED) is 0.403. The summed E-state index contributed by atoms with van der Waals surface area (Å²) >= 11 is 5.95. The van der Waals surface area contributed by atoms with E-state index in [1.807, 2.05) is 18.2 Å². The summed E-state index contributed by atoms with van der Waals surface area (Å²) in [6.07, 6.45) is 0. The number of fused-ring (bicyclic) bond motifs is 3. The fourth-order valence-electron chi connectivity index (χ4n) is 3.72. The lowest BCUT2D eigenvalue weighted by Crippen LogP contribution is -2.31. The lowest BCUT2D eigenvalue weighted by Gasteiger charge is -2.29. The number of hydrogen-bond acceptors (Lipinski definition) is 4. The van der Waals surface area contributed by atoms with Crippen LogP contribution < -0.4 is 10.4 Å². The van der Waals surface area contributed by atoms with E-state index in [9.17, 15) is 9.18 Å². The Bertz CT molecular complexity index is 1280. The van der Waals surface area contributed by atoms with Gasteiger partial charge in [-0.15, -0.1) is 0 Å². The van der Waals surface area contributed by atoms with E-state index >= 15 is 0 Å². The third kappa shape index (κ3) is 3.58. The molecular weight excluding hydrogens is 405 g/mol. The summed E-state index contributed by atoms with van der Waals surface area (Å²) in [5.41, 5.74) is 3.17. The molecule has 5 rings (SSSR count). The van der Waals surface area contributed by atoms with E-state index < -0.39 is 5.63 Å². The van der Waals surface area contributed by atoms with Crippen molar-refractivity contribution < 1.29 is 13.5 Å². The van der Waals surface area contributed by atoms with E-state index in [4.69, 9.17) is 20.8 Å². The molecule has 0 aliphatic carbocycles. The summed E-state index contributed by atoms with van der Waals surface area (Å²) < 4.78 is 24.8. The van der Waals surface area contributed by atoms with Gasteiger partial charge in [0.15, 0.2) is 0 Å². The molecular formula is C24H17ClFNO3. The van der Waals surface area contributed by atoms with Crippen molar-refractivity contribution in [3.05, 3.63) is 99.1 Å². The summed E-state index contributed by atoms with van der Waals surface area (Å²) in [6, 6.07) is 19.1.